The van der Waals surface area contributed by atoms with Crippen LogP contribution < -0.4 is 9.64 Å². The average molecular weight is 508 g/mol. The maximum Gasteiger partial charge on any atom is 0.414 e. The Balaban J connectivity index is 0.000000641. The van der Waals surface area contributed by atoms with Crippen LogP contribution in [0.15, 0.2) is 29.6 Å². The van der Waals surface area contributed by atoms with E-state index in [4.69, 9.17) is 29.3 Å². The Hall–Kier alpha value is -3.51. The Bertz CT molecular complexity index is 1020. The number of anilines is 1. The van der Waals surface area contributed by atoms with E-state index in [1.807, 2.05) is 30.5 Å². The fourth-order valence-corrected chi connectivity index (χ4v) is 4.29. The normalized spacial score (nSPS) is 14.3. The molecule has 1 aliphatic rings. The third-order valence-electron chi connectivity index (χ3n) is 5.08. The lowest BCUT2D eigenvalue weighted by Gasteiger charge is -2.36. The molecule has 1 aliphatic heterocycles. The summed E-state index contributed by atoms with van der Waals surface area (Å²) in [4.78, 5) is 52.3. The SMILES string of the molecule is CCOC(=O)C(C(=O)CN1CCN(c2cccc(OC)c2)CC1)c1nc(C)cs1.O=C(O)C(=O)O. The molecule has 11 nitrogen and oxygen atoms in total. The molecule has 190 valence electrons. The van der Waals surface area contributed by atoms with E-state index in [1.165, 1.54) is 11.3 Å². The summed E-state index contributed by atoms with van der Waals surface area (Å²) in [7, 11) is 1.66. The van der Waals surface area contributed by atoms with Gasteiger partial charge in [0.25, 0.3) is 0 Å². The number of carboxylic acid groups (broad SMARTS) is 2. The molecule has 1 aromatic carbocycles. The summed E-state index contributed by atoms with van der Waals surface area (Å²) in [6, 6.07) is 7.98. The molecule has 12 heteroatoms. The molecule has 1 atom stereocenters. The van der Waals surface area contributed by atoms with Gasteiger partial charge in [-0.3, -0.25) is 14.5 Å². The summed E-state index contributed by atoms with van der Waals surface area (Å²) in [6.45, 7) is 7.15. The topological polar surface area (TPSA) is 147 Å². The quantitative estimate of drug-likeness (QED) is 0.305. The van der Waals surface area contributed by atoms with Gasteiger partial charge in [-0.1, -0.05) is 6.07 Å². The van der Waals surface area contributed by atoms with Gasteiger partial charge < -0.3 is 24.6 Å². The number of esters is 1. The number of methoxy groups -OCH3 is 1. The van der Waals surface area contributed by atoms with Crippen LogP contribution >= 0.6 is 11.3 Å². The van der Waals surface area contributed by atoms with E-state index in [-0.39, 0.29) is 18.9 Å². The van der Waals surface area contributed by atoms with Gasteiger partial charge >= 0.3 is 17.9 Å². The van der Waals surface area contributed by atoms with Crippen molar-refractivity contribution in [3.05, 3.63) is 40.3 Å². The lowest BCUT2D eigenvalue weighted by atomic mass is 10.0. The van der Waals surface area contributed by atoms with Gasteiger partial charge in [0, 0.05) is 49.0 Å². The molecule has 1 unspecified atom stereocenters. The highest BCUT2D eigenvalue weighted by Gasteiger charge is 2.34. The summed E-state index contributed by atoms with van der Waals surface area (Å²) < 4.78 is 10.4. The smallest absolute Gasteiger partial charge is 0.414 e. The highest BCUT2D eigenvalue weighted by atomic mass is 32.1. The minimum atomic E-state index is -1.82. The van der Waals surface area contributed by atoms with Gasteiger partial charge in [0.15, 0.2) is 11.7 Å². The first-order chi connectivity index (χ1) is 16.7. The number of hydrogen-bond donors (Lipinski definition) is 2. The number of rotatable bonds is 8. The zero-order chi connectivity index (χ0) is 26.0. The van der Waals surface area contributed by atoms with Crippen LogP contribution in [-0.2, 0) is 23.9 Å². The van der Waals surface area contributed by atoms with Crippen LogP contribution in [-0.4, -0.2) is 90.2 Å². The molecule has 0 aliphatic carbocycles. The number of benzene rings is 1. The minimum Gasteiger partial charge on any atom is -0.497 e. The number of Topliss-reactive ketones (excluding diaryl/α,β-unsaturated/α-hetero) is 1. The Labute approximate surface area is 206 Å². The van der Waals surface area contributed by atoms with E-state index in [9.17, 15) is 9.59 Å². The predicted octanol–water partition coefficient (Wildman–Crippen LogP) is 1.65. The zero-order valence-electron chi connectivity index (χ0n) is 19.8. The molecule has 1 aromatic heterocycles. The number of aliphatic carboxylic acids is 2. The van der Waals surface area contributed by atoms with Crippen molar-refractivity contribution in [3.63, 3.8) is 0 Å². The summed E-state index contributed by atoms with van der Waals surface area (Å²) in [6.07, 6.45) is 0. The summed E-state index contributed by atoms with van der Waals surface area (Å²) in [5, 5.41) is 17.1. The monoisotopic (exact) mass is 507 g/mol. The van der Waals surface area contributed by atoms with E-state index in [0.29, 0.717) is 5.01 Å². The zero-order valence-corrected chi connectivity index (χ0v) is 20.6. The molecule has 2 aromatic rings. The molecule has 0 amide bonds. The predicted molar refractivity (Wildman–Crippen MR) is 128 cm³/mol. The van der Waals surface area contributed by atoms with Crippen LogP contribution in [0.2, 0.25) is 0 Å². The number of ketones is 1. The number of aromatic nitrogens is 1. The number of ether oxygens (including phenoxy) is 2. The van der Waals surface area contributed by atoms with Crippen molar-refractivity contribution in [2.75, 3.05) is 51.3 Å². The Kier molecular flexibility index (Phi) is 10.6. The van der Waals surface area contributed by atoms with Crippen LogP contribution in [0.4, 0.5) is 5.69 Å². The van der Waals surface area contributed by atoms with Crippen molar-refractivity contribution in [1.29, 1.82) is 0 Å². The van der Waals surface area contributed by atoms with E-state index in [2.05, 4.69) is 20.9 Å². The van der Waals surface area contributed by atoms with Crippen molar-refractivity contribution in [2.45, 2.75) is 19.8 Å². The van der Waals surface area contributed by atoms with Gasteiger partial charge in [-0.15, -0.1) is 11.3 Å². The number of carboxylic acids is 2. The van der Waals surface area contributed by atoms with Crippen molar-refractivity contribution < 1.29 is 38.9 Å². The van der Waals surface area contributed by atoms with E-state index in [1.54, 1.807) is 14.0 Å². The molecule has 2 heterocycles. The van der Waals surface area contributed by atoms with Crippen molar-refractivity contribution in [1.82, 2.24) is 9.88 Å². The van der Waals surface area contributed by atoms with Crippen LogP contribution in [0, 0.1) is 6.92 Å². The van der Waals surface area contributed by atoms with E-state index >= 15 is 0 Å². The number of hydrogen-bond acceptors (Lipinski definition) is 10. The van der Waals surface area contributed by atoms with Crippen LogP contribution in [0.25, 0.3) is 0 Å². The number of piperazine rings is 1. The van der Waals surface area contributed by atoms with Crippen LogP contribution in [0.3, 0.4) is 0 Å². The molecule has 0 saturated carbocycles. The van der Waals surface area contributed by atoms with Crippen molar-refractivity contribution in [3.8, 4) is 5.75 Å². The number of carbonyl (C=O) groups is 4. The highest BCUT2D eigenvalue weighted by molar-refractivity contribution is 7.10. The molecule has 0 radical (unpaired) electrons. The molecule has 0 bridgehead atoms. The number of carbonyl (C=O) groups excluding carboxylic acids is 2. The third kappa shape index (κ3) is 8.34. The molecule has 3 rings (SSSR count). The lowest BCUT2D eigenvalue weighted by molar-refractivity contribution is -0.159. The Morgan fingerprint density at radius 3 is 2.29 bits per heavy atom. The first-order valence-electron chi connectivity index (χ1n) is 10.8. The molecule has 1 saturated heterocycles. The second-order valence-electron chi connectivity index (χ2n) is 7.55. The third-order valence-corrected chi connectivity index (χ3v) is 6.11. The fourth-order valence-electron chi connectivity index (χ4n) is 3.38. The van der Waals surface area contributed by atoms with E-state index in [0.717, 1.165) is 43.3 Å². The Morgan fingerprint density at radius 1 is 1.11 bits per heavy atom. The lowest BCUT2D eigenvalue weighted by Crippen LogP contribution is -2.48. The molecule has 35 heavy (non-hydrogen) atoms. The minimum absolute atomic E-state index is 0.160. The first-order valence-corrected chi connectivity index (χ1v) is 11.7. The van der Waals surface area contributed by atoms with Gasteiger partial charge in [0.1, 0.15) is 10.8 Å². The molecule has 1 fully saturated rings. The van der Waals surface area contributed by atoms with Gasteiger partial charge in [-0.05, 0) is 26.0 Å². The molecule has 2 N–H and O–H groups in total. The average Bonchev–Trinajstić information content (AvgIpc) is 3.25. The van der Waals surface area contributed by atoms with Crippen LogP contribution in [0.1, 0.15) is 23.5 Å². The molecule has 0 spiro atoms. The number of aryl methyl sites for hydroxylation is 1. The van der Waals surface area contributed by atoms with Gasteiger partial charge in [-0.25, -0.2) is 14.6 Å². The van der Waals surface area contributed by atoms with Crippen molar-refractivity contribution in [2.24, 2.45) is 0 Å². The summed E-state index contributed by atoms with van der Waals surface area (Å²) >= 11 is 1.33. The van der Waals surface area contributed by atoms with Gasteiger partial charge in [0.2, 0.25) is 0 Å². The van der Waals surface area contributed by atoms with Gasteiger partial charge in [0.05, 0.1) is 20.3 Å². The maximum atomic E-state index is 13.0. The number of nitrogens with zero attached hydrogens (tertiary/aromatic N) is 3. The molecular weight excluding hydrogens is 478 g/mol. The second-order valence-corrected chi connectivity index (χ2v) is 8.44. The fraction of sp³-hybridized carbons (Fsp3) is 0.435. The summed E-state index contributed by atoms with van der Waals surface area (Å²) in [5.41, 5.74) is 1.91. The Morgan fingerprint density at radius 2 is 1.77 bits per heavy atom. The standard InChI is InChI=1S/C21H27N3O4S.C2H2O4/c1-4-28-21(26)19(20-22-15(2)14-29-20)18(25)13-23-8-10-24(11-9-23)16-6-5-7-17(12-16)27-3;3-1(4)2(5)6/h5-7,12,14,19H,4,8-11,13H2,1-3H3;(H,3,4)(H,5,6). The second kappa shape index (κ2) is 13.4. The van der Waals surface area contributed by atoms with Crippen LogP contribution in [0.5, 0.6) is 5.75 Å². The maximum absolute atomic E-state index is 13.0. The molecular formula is C23H29N3O8S. The largest absolute Gasteiger partial charge is 0.497 e. The number of thiazole rings is 1. The van der Waals surface area contributed by atoms with Gasteiger partial charge in [-0.2, -0.15) is 0 Å². The van der Waals surface area contributed by atoms with E-state index < -0.39 is 23.8 Å². The van der Waals surface area contributed by atoms with Crippen molar-refractivity contribution >= 4 is 40.7 Å². The summed E-state index contributed by atoms with van der Waals surface area (Å²) in [5.74, 6) is -4.43. The first kappa shape index (κ1) is 27.7. The highest BCUT2D eigenvalue weighted by Crippen LogP contribution is 2.25.